The van der Waals surface area contributed by atoms with Crippen LogP contribution in [-0.2, 0) is 0 Å². The molecule has 0 radical (unpaired) electrons. The number of rotatable bonds is 3. The van der Waals surface area contributed by atoms with Crippen LogP contribution in [0.25, 0.3) is 0 Å². The Balaban J connectivity index is 2.38. The highest BCUT2D eigenvalue weighted by Crippen LogP contribution is 2.40. The molecule has 2 rings (SSSR count). The van der Waals surface area contributed by atoms with Crippen molar-refractivity contribution in [3.63, 3.8) is 0 Å². The van der Waals surface area contributed by atoms with Gasteiger partial charge in [0.15, 0.2) is 0 Å². The van der Waals surface area contributed by atoms with Crippen molar-refractivity contribution < 1.29 is 4.74 Å². The van der Waals surface area contributed by atoms with Crippen LogP contribution < -0.4 is 10.5 Å². The Kier molecular flexibility index (Phi) is 4.07. The molecule has 2 nitrogen and oxygen atoms in total. The summed E-state index contributed by atoms with van der Waals surface area (Å²) in [7, 11) is 1.66. The Morgan fingerprint density at radius 2 is 2.19 bits per heavy atom. The molecule has 0 aliphatic rings. The molecule has 1 atom stereocenters. The minimum Gasteiger partial charge on any atom is -0.496 e. The van der Waals surface area contributed by atoms with E-state index in [9.17, 15) is 0 Å². The molecular weight excluding hydrogens is 374 g/mol. The van der Waals surface area contributed by atoms with E-state index in [0.29, 0.717) is 0 Å². The summed E-state index contributed by atoms with van der Waals surface area (Å²) >= 11 is 10.2. The van der Waals surface area contributed by atoms with E-state index in [2.05, 4.69) is 31.9 Å². The SMILES string of the molecule is COc1ccsc1C(N)c1cc(Br)sc1Br. The van der Waals surface area contributed by atoms with E-state index < -0.39 is 0 Å². The molecule has 0 spiro atoms. The van der Waals surface area contributed by atoms with Gasteiger partial charge in [0.2, 0.25) is 0 Å². The first kappa shape index (κ1) is 12.6. The summed E-state index contributed by atoms with van der Waals surface area (Å²) in [6.45, 7) is 0. The molecule has 2 N–H and O–H groups in total. The second kappa shape index (κ2) is 5.18. The molecule has 1 unspecified atom stereocenters. The van der Waals surface area contributed by atoms with Crippen molar-refractivity contribution in [3.8, 4) is 5.75 Å². The van der Waals surface area contributed by atoms with Crippen molar-refractivity contribution in [1.82, 2.24) is 0 Å². The van der Waals surface area contributed by atoms with Crippen LogP contribution in [0.4, 0.5) is 0 Å². The van der Waals surface area contributed by atoms with Crippen LogP contribution in [0, 0.1) is 0 Å². The van der Waals surface area contributed by atoms with E-state index in [-0.39, 0.29) is 6.04 Å². The average molecular weight is 383 g/mol. The summed E-state index contributed by atoms with van der Waals surface area (Å²) in [5.74, 6) is 0.853. The normalized spacial score (nSPS) is 12.8. The molecule has 86 valence electrons. The molecule has 0 amide bonds. The van der Waals surface area contributed by atoms with Crippen molar-refractivity contribution in [2.45, 2.75) is 6.04 Å². The van der Waals surface area contributed by atoms with E-state index in [1.165, 1.54) is 0 Å². The van der Waals surface area contributed by atoms with Gasteiger partial charge in [-0.2, -0.15) is 0 Å². The molecule has 2 heterocycles. The highest BCUT2D eigenvalue weighted by molar-refractivity contribution is 9.12. The second-order valence-corrected chi connectivity index (χ2v) is 7.81. The number of nitrogens with two attached hydrogens (primary N) is 1. The van der Waals surface area contributed by atoms with Gasteiger partial charge in [0.05, 0.1) is 25.6 Å². The molecule has 0 aliphatic heterocycles. The first-order chi connectivity index (χ1) is 7.63. The predicted molar refractivity (Wildman–Crippen MR) is 76.6 cm³/mol. The van der Waals surface area contributed by atoms with Crippen molar-refractivity contribution in [3.05, 3.63) is 35.5 Å². The lowest BCUT2D eigenvalue weighted by molar-refractivity contribution is 0.411. The third kappa shape index (κ3) is 2.36. The first-order valence-corrected chi connectivity index (χ1v) is 7.73. The summed E-state index contributed by atoms with van der Waals surface area (Å²) in [6.07, 6.45) is 0. The molecule has 16 heavy (non-hydrogen) atoms. The zero-order valence-electron chi connectivity index (χ0n) is 8.37. The lowest BCUT2D eigenvalue weighted by Gasteiger charge is -2.10. The maximum Gasteiger partial charge on any atom is 0.134 e. The van der Waals surface area contributed by atoms with E-state index in [0.717, 1.165) is 23.8 Å². The molecule has 0 aromatic carbocycles. The van der Waals surface area contributed by atoms with Gasteiger partial charge in [-0.1, -0.05) is 0 Å². The Morgan fingerprint density at radius 1 is 1.44 bits per heavy atom. The highest BCUT2D eigenvalue weighted by atomic mass is 79.9. The number of thiophene rings is 2. The molecule has 6 heteroatoms. The van der Waals surface area contributed by atoms with Crippen LogP contribution in [0.15, 0.2) is 25.1 Å². The number of hydrogen-bond acceptors (Lipinski definition) is 4. The third-order valence-electron chi connectivity index (χ3n) is 2.18. The minimum absolute atomic E-state index is 0.146. The summed E-state index contributed by atoms with van der Waals surface area (Å²) < 4.78 is 7.41. The Labute approximate surface area is 119 Å². The monoisotopic (exact) mass is 381 g/mol. The third-order valence-corrected chi connectivity index (χ3v) is 5.54. The maximum atomic E-state index is 6.24. The minimum atomic E-state index is -0.146. The van der Waals surface area contributed by atoms with Crippen LogP contribution in [0.3, 0.4) is 0 Å². The van der Waals surface area contributed by atoms with Crippen LogP contribution in [0.5, 0.6) is 5.75 Å². The molecular formula is C10H9Br2NOS2. The van der Waals surface area contributed by atoms with Gasteiger partial charge in [-0.3, -0.25) is 0 Å². The van der Waals surface area contributed by atoms with E-state index in [1.807, 2.05) is 17.5 Å². The quantitative estimate of drug-likeness (QED) is 0.854. The van der Waals surface area contributed by atoms with Gasteiger partial charge in [-0.05, 0) is 49.4 Å². The Hall–Kier alpha value is 0.120. The molecule has 0 fully saturated rings. The van der Waals surface area contributed by atoms with Gasteiger partial charge in [-0.15, -0.1) is 22.7 Å². The van der Waals surface area contributed by atoms with Crippen molar-refractivity contribution >= 4 is 54.5 Å². The van der Waals surface area contributed by atoms with Gasteiger partial charge in [0.25, 0.3) is 0 Å². The van der Waals surface area contributed by atoms with Crippen molar-refractivity contribution in [2.75, 3.05) is 7.11 Å². The van der Waals surface area contributed by atoms with E-state index in [1.54, 1.807) is 29.8 Å². The molecule has 0 saturated carbocycles. The van der Waals surface area contributed by atoms with Crippen LogP contribution in [-0.4, -0.2) is 7.11 Å². The fourth-order valence-corrected chi connectivity index (χ4v) is 5.22. The maximum absolute atomic E-state index is 6.24. The number of methoxy groups -OCH3 is 1. The summed E-state index contributed by atoms with van der Waals surface area (Å²) in [4.78, 5) is 1.05. The highest BCUT2D eigenvalue weighted by Gasteiger charge is 2.19. The van der Waals surface area contributed by atoms with E-state index in [4.69, 9.17) is 10.5 Å². The van der Waals surface area contributed by atoms with Gasteiger partial charge in [-0.25, -0.2) is 0 Å². The number of hydrogen-bond donors (Lipinski definition) is 1. The van der Waals surface area contributed by atoms with Gasteiger partial charge in [0, 0.05) is 5.56 Å². The van der Waals surface area contributed by atoms with Gasteiger partial charge >= 0.3 is 0 Å². The molecule has 2 aromatic rings. The molecule has 0 saturated heterocycles. The number of halogens is 2. The van der Waals surface area contributed by atoms with Gasteiger partial charge in [0.1, 0.15) is 5.75 Å². The zero-order chi connectivity index (χ0) is 11.7. The smallest absolute Gasteiger partial charge is 0.134 e. The summed E-state index contributed by atoms with van der Waals surface area (Å²) in [5.41, 5.74) is 7.32. The second-order valence-electron chi connectivity index (χ2n) is 3.11. The lowest BCUT2D eigenvalue weighted by Crippen LogP contribution is -2.10. The predicted octanol–water partition coefficient (Wildman–Crippen LogP) is 4.39. The lowest BCUT2D eigenvalue weighted by atomic mass is 10.1. The van der Waals surface area contributed by atoms with Crippen molar-refractivity contribution in [1.29, 1.82) is 0 Å². The fourth-order valence-electron chi connectivity index (χ4n) is 1.41. The van der Waals surface area contributed by atoms with Crippen LogP contribution >= 0.6 is 54.5 Å². The van der Waals surface area contributed by atoms with E-state index >= 15 is 0 Å². The molecule has 2 aromatic heterocycles. The number of ether oxygens (including phenoxy) is 1. The average Bonchev–Trinajstić information content (AvgIpc) is 2.83. The Morgan fingerprint density at radius 3 is 2.75 bits per heavy atom. The standard InChI is InChI=1S/C10H9Br2NOS2/c1-14-6-2-3-15-9(6)8(13)5-4-7(11)16-10(5)12/h2-4,8H,13H2,1H3. The van der Waals surface area contributed by atoms with Crippen molar-refractivity contribution in [2.24, 2.45) is 5.73 Å². The summed E-state index contributed by atoms with van der Waals surface area (Å²) in [6, 6.07) is 3.83. The fraction of sp³-hybridized carbons (Fsp3) is 0.200. The molecule has 0 aliphatic carbocycles. The topological polar surface area (TPSA) is 35.2 Å². The summed E-state index contributed by atoms with van der Waals surface area (Å²) in [5, 5.41) is 1.99. The van der Waals surface area contributed by atoms with Crippen LogP contribution in [0.2, 0.25) is 0 Å². The van der Waals surface area contributed by atoms with Crippen LogP contribution in [0.1, 0.15) is 16.5 Å². The largest absolute Gasteiger partial charge is 0.496 e. The first-order valence-electron chi connectivity index (χ1n) is 4.45. The van der Waals surface area contributed by atoms with Gasteiger partial charge < -0.3 is 10.5 Å². The Bertz CT molecular complexity index is 495. The zero-order valence-corrected chi connectivity index (χ0v) is 13.2. The molecule has 0 bridgehead atoms.